The van der Waals surface area contributed by atoms with E-state index in [4.69, 9.17) is 16.7 Å². The number of rotatable bonds is 1. The number of aryl methyl sites for hydroxylation is 2. The molecule has 1 N–H and O–H groups in total. The zero-order valence-electron chi connectivity index (χ0n) is 9.03. The minimum absolute atomic E-state index is 0.221. The number of carbonyl (C=O) groups is 1. The molecule has 86 valence electrons. The minimum atomic E-state index is -1.14. The molecule has 0 amide bonds. The number of fused-ring (bicyclic) bond motifs is 2. The van der Waals surface area contributed by atoms with E-state index in [-0.39, 0.29) is 5.03 Å². The van der Waals surface area contributed by atoms with Crippen LogP contribution < -0.4 is 10.6 Å². The highest BCUT2D eigenvalue weighted by Crippen LogP contribution is 2.20. The van der Waals surface area contributed by atoms with E-state index in [1.165, 1.54) is 17.5 Å². The lowest BCUT2D eigenvalue weighted by Gasteiger charge is -1.95. The van der Waals surface area contributed by atoms with Crippen LogP contribution in [0.4, 0.5) is 0 Å². The van der Waals surface area contributed by atoms with Gasteiger partial charge in [-0.05, 0) is 48.6 Å². The Kier molecular flexibility index (Phi) is 2.30. The van der Waals surface area contributed by atoms with Crippen LogP contribution in [-0.2, 0) is 17.6 Å². The minimum Gasteiger partial charge on any atom is -0.477 e. The third-order valence-corrected chi connectivity index (χ3v) is 3.54. The van der Waals surface area contributed by atoms with E-state index in [1.54, 1.807) is 6.08 Å². The molecule has 0 atom stereocenters. The fourth-order valence-electron chi connectivity index (χ4n) is 2.37. The molecule has 3 nitrogen and oxygen atoms in total. The summed E-state index contributed by atoms with van der Waals surface area (Å²) in [6, 6.07) is 4.15. The van der Waals surface area contributed by atoms with Crippen molar-refractivity contribution in [3.8, 4) is 0 Å². The van der Waals surface area contributed by atoms with Crippen LogP contribution in [0, 0.1) is 0 Å². The molecule has 0 saturated heterocycles. The SMILES string of the molecule is O=C(O)C(Cl)=C1C=c2cc3c(cc2=N1)CCC3. The maximum absolute atomic E-state index is 10.8. The fraction of sp³-hybridized carbons (Fsp3) is 0.231. The number of carboxylic acid groups (broad SMARTS) is 1. The summed E-state index contributed by atoms with van der Waals surface area (Å²) in [7, 11) is 0. The molecule has 1 aliphatic carbocycles. The third-order valence-electron chi connectivity index (χ3n) is 3.19. The highest BCUT2D eigenvalue weighted by molar-refractivity contribution is 6.41. The zero-order valence-corrected chi connectivity index (χ0v) is 9.79. The van der Waals surface area contributed by atoms with Crippen LogP contribution in [0.25, 0.3) is 6.08 Å². The number of hydrogen-bond donors (Lipinski definition) is 1. The molecule has 1 aromatic rings. The second-order valence-corrected chi connectivity index (χ2v) is 4.67. The molecule has 2 aliphatic rings. The maximum Gasteiger partial charge on any atom is 0.349 e. The second-order valence-electron chi connectivity index (χ2n) is 4.29. The summed E-state index contributed by atoms with van der Waals surface area (Å²) in [4.78, 5) is 15.0. The summed E-state index contributed by atoms with van der Waals surface area (Å²) >= 11 is 5.69. The monoisotopic (exact) mass is 247 g/mol. The number of carboxylic acids is 1. The van der Waals surface area contributed by atoms with Gasteiger partial charge in [0.1, 0.15) is 0 Å². The molecule has 17 heavy (non-hydrogen) atoms. The molecular weight excluding hydrogens is 238 g/mol. The van der Waals surface area contributed by atoms with Crippen LogP contribution in [0.3, 0.4) is 0 Å². The van der Waals surface area contributed by atoms with Gasteiger partial charge in [0, 0.05) is 5.22 Å². The molecule has 1 aromatic carbocycles. The van der Waals surface area contributed by atoms with Crippen molar-refractivity contribution < 1.29 is 9.90 Å². The number of hydrogen-bond acceptors (Lipinski definition) is 2. The van der Waals surface area contributed by atoms with Crippen molar-refractivity contribution in [3.63, 3.8) is 0 Å². The van der Waals surface area contributed by atoms with Crippen LogP contribution in [-0.4, -0.2) is 11.1 Å². The van der Waals surface area contributed by atoms with E-state index < -0.39 is 5.97 Å². The van der Waals surface area contributed by atoms with Gasteiger partial charge in [-0.2, -0.15) is 0 Å². The van der Waals surface area contributed by atoms with Gasteiger partial charge < -0.3 is 5.11 Å². The molecule has 1 heterocycles. The third kappa shape index (κ3) is 1.67. The molecule has 1 aliphatic heterocycles. The number of aliphatic carboxylic acids is 1. The first-order chi connectivity index (χ1) is 8.15. The van der Waals surface area contributed by atoms with Crippen LogP contribution in [0.2, 0.25) is 0 Å². The Balaban J connectivity index is 2.21. The Hall–Kier alpha value is -1.61. The number of nitrogens with zero attached hydrogens (tertiary/aromatic N) is 1. The standard InChI is InChI=1S/C13H10ClNO2/c14-12(13(16)17)11-6-9-4-7-2-1-3-8(7)5-10(9)15-11/h4-6H,1-3H2,(H,16,17). The number of benzene rings is 1. The molecule has 0 fully saturated rings. The van der Waals surface area contributed by atoms with Crippen LogP contribution in [0.15, 0.2) is 27.9 Å². The number of halogens is 1. The molecule has 4 heteroatoms. The largest absolute Gasteiger partial charge is 0.477 e. The summed E-state index contributed by atoms with van der Waals surface area (Å²) in [6.45, 7) is 0. The zero-order chi connectivity index (χ0) is 12.0. The average Bonchev–Trinajstić information content (AvgIpc) is 2.88. The predicted molar refractivity (Wildman–Crippen MR) is 64.2 cm³/mol. The van der Waals surface area contributed by atoms with Gasteiger partial charge >= 0.3 is 5.97 Å². The van der Waals surface area contributed by atoms with E-state index in [1.807, 2.05) is 6.07 Å². The van der Waals surface area contributed by atoms with E-state index in [0.29, 0.717) is 5.70 Å². The first-order valence-electron chi connectivity index (χ1n) is 5.50. The summed E-state index contributed by atoms with van der Waals surface area (Å²) < 4.78 is 0. The van der Waals surface area contributed by atoms with E-state index in [9.17, 15) is 4.79 Å². The summed E-state index contributed by atoms with van der Waals surface area (Å²) in [5.74, 6) is -1.14. The van der Waals surface area contributed by atoms with Crippen molar-refractivity contribution in [2.45, 2.75) is 19.3 Å². The quantitative estimate of drug-likeness (QED) is 0.757. The fourth-order valence-corrected chi connectivity index (χ4v) is 2.47. The van der Waals surface area contributed by atoms with Crippen LogP contribution in [0.5, 0.6) is 0 Å². The summed E-state index contributed by atoms with van der Waals surface area (Å²) in [6.07, 6.45) is 5.12. The summed E-state index contributed by atoms with van der Waals surface area (Å²) in [5.41, 5.74) is 3.02. The van der Waals surface area contributed by atoms with Crippen LogP contribution >= 0.6 is 11.6 Å². The predicted octanol–water partition coefficient (Wildman–Crippen LogP) is 1.12. The second kappa shape index (κ2) is 3.70. The van der Waals surface area contributed by atoms with Gasteiger partial charge in [-0.1, -0.05) is 11.6 Å². The van der Waals surface area contributed by atoms with Gasteiger partial charge in [0.15, 0.2) is 5.03 Å². The molecule has 0 radical (unpaired) electrons. The lowest BCUT2D eigenvalue weighted by Crippen LogP contribution is -2.22. The topological polar surface area (TPSA) is 49.7 Å². The van der Waals surface area contributed by atoms with E-state index >= 15 is 0 Å². The molecule has 0 aromatic heterocycles. The van der Waals surface area contributed by atoms with Crippen molar-refractivity contribution >= 4 is 23.6 Å². The van der Waals surface area contributed by atoms with Crippen LogP contribution in [0.1, 0.15) is 17.5 Å². The molecule has 0 unspecified atom stereocenters. The normalized spacial score (nSPS) is 19.1. The Labute approximate surface area is 103 Å². The van der Waals surface area contributed by atoms with Gasteiger partial charge in [0.05, 0.1) is 11.1 Å². The Morgan fingerprint density at radius 3 is 2.71 bits per heavy atom. The highest BCUT2D eigenvalue weighted by atomic mass is 35.5. The van der Waals surface area contributed by atoms with Gasteiger partial charge in [0.2, 0.25) is 0 Å². The van der Waals surface area contributed by atoms with Gasteiger partial charge in [-0.15, -0.1) is 0 Å². The average molecular weight is 248 g/mol. The molecule has 3 rings (SSSR count). The first-order valence-corrected chi connectivity index (χ1v) is 5.88. The lowest BCUT2D eigenvalue weighted by atomic mass is 10.1. The van der Waals surface area contributed by atoms with Gasteiger partial charge in [-0.25, -0.2) is 9.79 Å². The maximum atomic E-state index is 10.8. The molecular formula is C13H10ClNO2. The Morgan fingerprint density at radius 1 is 1.29 bits per heavy atom. The van der Waals surface area contributed by atoms with Gasteiger partial charge in [-0.3, -0.25) is 0 Å². The smallest absolute Gasteiger partial charge is 0.349 e. The van der Waals surface area contributed by atoms with E-state index in [0.717, 1.165) is 23.4 Å². The Bertz CT molecular complexity index is 628. The lowest BCUT2D eigenvalue weighted by molar-refractivity contribution is -0.131. The number of allylic oxidation sites excluding steroid dienone is 1. The molecule has 0 bridgehead atoms. The van der Waals surface area contributed by atoms with Crippen molar-refractivity contribution in [1.29, 1.82) is 0 Å². The summed E-state index contributed by atoms with van der Waals surface area (Å²) in [5, 5.41) is 10.4. The van der Waals surface area contributed by atoms with Crippen molar-refractivity contribution in [1.82, 2.24) is 0 Å². The van der Waals surface area contributed by atoms with E-state index in [2.05, 4.69) is 11.1 Å². The first kappa shape index (κ1) is 10.5. The van der Waals surface area contributed by atoms with Gasteiger partial charge in [0.25, 0.3) is 0 Å². The highest BCUT2D eigenvalue weighted by Gasteiger charge is 2.15. The molecule has 0 spiro atoms. The van der Waals surface area contributed by atoms with Crippen molar-refractivity contribution in [2.24, 2.45) is 4.99 Å². The van der Waals surface area contributed by atoms with Crippen molar-refractivity contribution in [3.05, 3.63) is 44.6 Å². The Morgan fingerprint density at radius 2 is 2.00 bits per heavy atom. The van der Waals surface area contributed by atoms with Crippen molar-refractivity contribution in [2.75, 3.05) is 0 Å². The molecule has 0 saturated carbocycles.